The van der Waals surface area contributed by atoms with E-state index >= 15 is 0 Å². The van der Waals surface area contributed by atoms with Gasteiger partial charge >= 0.3 is 0 Å². The van der Waals surface area contributed by atoms with Crippen LogP contribution in [0.4, 0.5) is 0 Å². The van der Waals surface area contributed by atoms with Gasteiger partial charge in [0.25, 0.3) is 0 Å². The molecule has 2 aromatic heterocycles. The fourth-order valence-electron chi connectivity index (χ4n) is 4.32. The average Bonchev–Trinajstić information content (AvgIpc) is 3.22. The van der Waals surface area contributed by atoms with Crippen molar-refractivity contribution in [2.75, 3.05) is 0 Å². The van der Waals surface area contributed by atoms with Gasteiger partial charge in [-0.2, -0.15) is 5.10 Å². The number of aliphatic hydroxyl groups is 1. The summed E-state index contributed by atoms with van der Waals surface area (Å²) in [5, 5.41) is 15.5. The number of benzene rings is 1. The Kier molecular flexibility index (Phi) is 2.59. The Hall–Kier alpha value is -2.40. The zero-order valence-electron chi connectivity index (χ0n) is 12.9. The summed E-state index contributed by atoms with van der Waals surface area (Å²) in [5.74, 6) is 0.119. The van der Waals surface area contributed by atoms with Crippen LogP contribution in [0.3, 0.4) is 0 Å². The van der Waals surface area contributed by atoms with Crippen molar-refractivity contribution < 1.29 is 5.11 Å². The lowest BCUT2D eigenvalue weighted by Gasteiger charge is -2.33. The molecule has 116 valence electrons. The Labute approximate surface area is 134 Å². The van der Waals surface area contributed by atoms with Gasteiger partial charge in [0.1, 0.15) is 6.10 Å². The van der Waals surface area contributed by atoms with Crippen molar-refractivity contribution >= 4 is 0 Å². The van der Waals surface area contributed by atoms with Crippen molar-refractivity contribution in [1.29, 1.82) is 0 Å². The van der Waals surface area contributed by atoms with Crippen LogP contribution in [0.1, 0.15) is 35.4 Å². The predicted octanol–water partition coefficient (Wildman–Crippen LogP) is 2.48. The van der Waals surface area contributed by atoms with Gasteiger partial charge in [-0.15, -0.1) is 0 Å². The van der Waals surface area contributed by atoms with Gasteiger partial charge in [0.15, 0.2) is 0 Å². The van der Waals surface area contributed by atoms with Crippen LogP contribution in [-0.4, -0.2) is 24.4 Å². The largest absolute Gasteiger partial charge is 0.386 e. The lowest BCUT2D eigenvalue weighted by molar-refractivity contribution is 0.0681. The lowest BCUT2D eigenvalue weighted by atomic mass is 9.78. The maximum Gasteiger partial charge on any atom is 0.103 e. The maximum absolute atomic E-state index is 11.0. The van der Waals surface area contributed by atoms with Crippen molar-refractivity contribution in [2.45, 2.75) is 25.0 Å². The molecule has 3 heterocycles. The summed E-state index contributed by atoms with van der Waals surface area (Å²) in [6.45, 7) is 0. The molecule has 0 fully saturated rings. The van der Waals surface area contributed by atoms with Crippen LogP contribution in [0.15, 0.2) is 43.0 Å². The molecule has 0 saturated carbocycles. The van der Waals surface area contributed by atoms with Gasteiger partial charge in [0.2, 0.25) is 0 Å². The van der Waals surface area contributed by atoms with Gasteiger partial charge in [0.05, 0.1) is 30.0 Å². The fourth-order valence-corrected chi connectivity index (χ4v) is 4.32. The molecule has 3 aromatic rings. The quantitative estimate of drug-likeness (QED) is 0.751. The van der Waals surface area contributed by atoms with E-state index in [1.807, 2.05) is 30.5 Å². The second-order valence-corrected chi connectivity index (χ2v) is 6.58. The molecule has 0 spiro atoms. The molecule has 1 N–H and O–H groups in total. The highest BCUT2D eigenvalue weighted by atomic mass is 16.3. The number of aliphatic hydroxyl groups excluding tert-OH is 1. The highest BCUT2D eigenvalue weighted by Gasteiger charge is 2.41. The number of aromatic nitrogens is 4. The summed E-state index contributed by atoms with van der Waals surface area (Å²) in [6, 6.07) is 8.59. The van der Waals surface area contributed by atoms with Crippen molar-refractivity contribution in [3.8, 4) is 11.3 Å². The first-order chi connectivity index (χ1) is 11.2. The van der Waals surface area contributed by atoms with Crippen molar-refractivity contribution in [3.05, 3.63) is 59.8 Å². The summed E-state index contributed by atoms with van der Waals surface area (Å²) >= 11 is 0. The van der Waals surface area contributed by atoms with E-state index in [-0.39, 0.29) is 12.0 Å². The van der Waals surface area contributed by atoms with E-state index in [2.05, 4.69) is 38.9 Å². The highest BCUT2D eigenvalue weighted by Crippen LogP contribution is 2.49. The Bertz CT molecular complexity index is 894. The van der Waals surface area contributed by atoms with Crippen LogP contribution >= 0.6 is 0 Å². The smallest absolute Gasteiger partial charge is 0.103 e. The van der Waals surface area contributed by atoms with E-state index in [1.54, 1.807) is 0 Å². The number of fused-ring (bicyclic) bond motifs is 4. The molecule has 0 bridgehead atoms. The molecule has 1 aliphatic heterocycles. The second kappa shape index (κ2) is 4.55. The molecule has 23 heavy (non-hydrogen) atoms. The van der Waals surface area contributed by atoms with Crippen LogP contribution in [0, 0.1) is 5.92 Å². The molecule has 0 amide bonds. The first-order valence-electron chi connectivity index (χ1n) is 8.05. The fraction of sp³-hybridized carbons (Fsp3) is 0.333. The van der Waals surface area contributed by atoms with Gasteiger partial charge in [-0.25, -0.2) is 4.98 Å². The van der Waals surface area contributed by atoms with Gasteiger partial charge in [-0.1, -0.05) is 24.3 Å². The van der Waals surface area contributed by atoms with Crippen LogP contribution in [-0.2, 0) is 13.5 Å². The zero-order valence-corrected chi connectivity index (χ0v) is 12.9. The predicted molar refractivity (Wildman–Crippen MR) is 85.8 cm³/mol. The first kappa shape index (κ1) is 13.1. The summed E-state index contributed by atoms with van der Waals surface area (Å²) in [7, 11) is 1.92. The molecule has 3 atom stereocenters. The summed E-state index contributed by atoms with van der Waals surface area (Å²) < 4.78 is 4.02. The number of aryl methyl sites for hydroxylation is 2. The van der Waals surface area contributed by atoms with Crippen LogP contribution < -0.4 is 0 Å². The summed E-state index contributed by atoms with van der Waals surface area (Å²) in [6.07, 6.45) is 7.22. The minimum atomic E-state index is -0.536. The Morgan fingerprint density at radius 2 is 2.13 bits per heavy atom. The SMILES string of the molecule is Cn1cc2c(n1)[C@@H](O)[C@H]([C@H]1c3ccccc3-c3cncn31)CC2. The van der Waals surface area contributed by atoms with Gasteiger partial charge in [0, 0.05) is 24.7 Å². The van der Waals surface area contributed by atoms with Gasteiger partial charge in [-0.05, 0) is 24.0 Å². The van der Waals surface area contributed by atoms with E-state index in [1.165, 1.54) is 16.7 Å². The minimum Gasteiger partial charge on any atom is -0.386 e. The molecule has 5 heteroatoms. The summed E-state index contributed by atoms with van der Waals surface area (Å²) in [5.41, 5.74) is 5.68. The molecule has 1 aromatic carbocycles. The normalized spacial score (nSPS) is 25.0. The van der Waals surface area contributed by atoms with Crippen molar-refractivity contribution in [1.82, 2.24) is 19.3 Å². The number of nitrogens with zero attached hydrogens (tertiary/aromatic N) is 4. The number of hydrogen-bond donors (Lipinski definition) is 1. The minimum absolute atomic E-state index is 0.119. The molecule has 2 aliphatic rings. The van der Waals surface area contributed by atoms with E-state index in [0.717, 1.165) is 24.2 Å². The molecule has 0 saturated heterocycles. The van der Waals surface area contributed by atoms with Crippen LogP contribution in [0.2, 0.25) is 0 Å². The number of hydrogen-bond acceptors (Lipinski definition) is 3. The van der Waals surface area contributed by atoms with E-state index < -0.39 is 6.10 Å². The van der Waals surface area contributed by atoms with Gasteiger partial charge in [-0.3, -0.25) is 4.68 Å². The molecule has 5 rings (SSSR count). The molecule has 1 aliphatic carbocycles. The van der Waals surface area contributed by atoms with Gasteiger partial charge < -0.3 is 9.67 Å². The Balaban J connectivity index is 1.63. The lowest BCUT2D eigenvalue weighted by Crippen LogP contribution is -2.28. The monoisotopic (exact) mass is 306 g/mol. The maximum atomic E-state index is 11.0. The third kappa shape index (κ3) is 1.71. The standard InChI is InChI=1S/C18H18N4O/c1-21-9-11-6-7-14(18(23)16(11)20-21)17-13-5-3-2-4-12(13)15-8-19-10-22(15)17/h2-5,8-10,14,17-18,23H,6-7H2,1H3/t14-,17+,18-/m0/s1. The zero-order chi connectivity index (χ0) is 15.6. The molecular formula is C18H18N4O. The molecule has 5 nitrogen and oxygen atoms in total. The number of rotatable bonds is 1. The van der Waals surface area contributed by atoms with Crippen LogP contribution in [0.5, 0.6) is 0 Å². The second-order valence-electron chi connectivity index (χ2n) is 6.58. The average molecular weight is 306 g/mol. The molecule has 0 radical (unpaired) electrons. The first-order valence-corrected chi connectivity index (χ1v) is 8.05. The van der Waals surface area contributed by atoms with E-state index in [4.69, 9.17) is 0 Å². The molecular weight excluding hydrogens is 288 g/mol. The highest BCUT2D eigenvalue weighted by molar-refractivity contribution is 5.69. The Morgan fingerprint density at radius 1 is 1.26 bits per heavy atom. The third-order valence-corrected chi connectivity index (χ3v) is 5.30. The van der Waals surface area contributed by atoms with Crippen LogP contribution in [0.25, 0.3) is 11.3 Å². The topological polar surface area (TPSA) is 55.9 Å². The third-order valence-electron chi connectivity index (χ3n) is 5.30. The Morgan fingerprint density at radius 3 is 3.04 bits per heavy atom. The van der Waals surface area contributed by atoms with E-state index in [9.17, 15) is 5.11 Å². The van der Waals surface area contributed by atoms with Crippen molar-refractivity contribution in [2.24, 2.45) is 13.0 Å². The summed E-state index contributed by atoms with van der Waals surface area (Å²) in [4.78, 5) is 4.32. The van der Waals surface area contributed by atoms with E-state index in [0.29, 0.717) is 0 Å². The number of imidazole rings is 1. The van der Waals surface area contributed by atoms with Crippen molar-refractivity contribution in [3.63, 3.8) is 0 Å². The molecule has 0 unspecified atom stereocenters.